The highest BCUT2D eigenvalue weighted by molar-refractivity contribution is 6.27. The van der Waals surface area contributed by atoms with E-state index >= 15 is 0 Å². The summed E-state index contributed by atoms with van der Waals surface area (Å²) < 4.78 is 8.79. The van der Waals surface area contributed by atoms with Gasteiger partial charge in [0.15, 0.2) is 0 Å². The molecule has 0 unspecified atom stereocenters. The zero-order valence-electron chi connectivity index (χ0n) is 79.2. The maximum atomic E-state index is 11.3. The molecule has 0 radical (unpaired) electrons. The molecular weight excluding hydrogens is 1750 g/mol. The molecule has 0 saturated carbocycles. The minimum absolute atomic E-state index is 0.122. The Balaban J connectivity index is 0.000000144. The summed E-state index contributed by atoms with van der Waals surface area (Å²) in [5, 5.41) is 40.4. The lowest BCUT2D eigenvalue weighted by Crippen LogP contribution is -2.14. The van der Waals surface area contributed by atoms with Gasteiger partial charge >= 0.3 is 0 Å². The van der Waals surface area contributed by atoms with Crippen LogP contribution >= 0.6 is 0 Å². The lowest BCUT2D eigenvalue weighted by Gasteiger charge is -2.25. The molecule has 0 saturated heterocycles. The first-order valence-corrected chi connectivity index (χ1v) is 48.9. The van der Waals surface area contributed by atoms with Crippen molar-refractivity contribution in [2.45, 2.75) is 38.5 Å². The summed E-state index contributed by atoms with van der Waals surface area (Å²) in [7, 11) is 0. The van der Waals surface area contributed by atoms with Gasteiger partial charge in [0.1, 0.15) is 12.1 Å². The highest BCUT2D eigenvalue weighted by Gasteiger charge is 2.38. The molecule has 0 aliphatic heterocycles. The zero-order valence-corrected chi connectivity index (χ0v) is 79.2. The van der Waals surface area contributed by atoms with Gasteiger partial charge in [-0.3, -0.25) is 0 Å². The largest absolute Gasteiger partial charge is 0.319 e. The highest BCUT2D eigenvalue weighted by atomic mass is 15.2. The number of nitriles is 2. The highest BCUT2D eigenvalue weighted by Crippen LogP contribution is 2.55. The summed E-state index contributed by atoms with van der Waals surface area (Å²) in [6.07, 6.45) is 0. The lowest BCUT2D eigenvalue weighted by molar-refractivity contribution is 0.660. The van der Waals surface area contributed by atoms with E-state index in [9.17, 15) is 10.5 Å². The number of anilines is 6. The predicted molar refractivity (Wildman–Crippen MR) is 598 cm³/mol. The maximum absolute atomic E-state index is 11.3. The Morgan fingerprint density at radius 1 is 0.222 bits per heavy atom. The van der Waals surface area contributed by atoms with Gasteiger partial charge in [-0.2, -0.15) is 10.5 Å². The molecule has 2 aliphatic carbocycles. The standard InChI is InChI=1S/C70H46N4.C64H40N6/c1-69(2)56-20-12-10-18-50(56)52-28-22-45(36-58(52)69)43-26-30-61-54(34-43)67-48-16-8-6-14-41(48)24-32-63(67)73(61)65-39-60(72-5)66(38-47(65)40-71)74-62-31-27-44(35-55(62)68-49-17-9-7-15-42(49)25-33-64(68)74)46-23-29-53-51-19-11-13-21-57(51)70(3,4)59(53)37-46;1-66-56-41-61(69-57-36-32-50(67(46-20-6-2-7-21-46)47-22-8-3-9-23-47)39-54(57)63-52-28-16-14-18-43(52)30-34-59(63)69)45(42-65)38-62(56)70-58-37-33-51(68(48-24-10-4-11-25-48)49-26-12-5-13-27-49)40-55(58)64-53-29-17-15-19-44(53)31-35-60(64)70/h6-39H,1-4H3;2-41H. The van der Waals surface area contributed by atoms with E-state index in [1.54, 1.807) is 0 Å². The third-order valence-electron chi connectivity index (χ3n) is 30.6. The van der Waals surface area contributed by atoms with Gasteiger partial charge in [-0.15, -0.1) is 0 Å². The summed E-state index contributed by atoms with van der Waals surface area (Å²) in [4.78, 5) is 13.1. The topological polar surface area (TPSA) is 82.5 Å². The monoisotopic (exact) mass is 1830 g/mol. The number of nitrogens with zero attached hydrogens (tertiary/aromatic N) is 10. The van der Waals surface area contributed by atoms with E-state index < -0.39 is 0 Å². The smallest absolute Gasteiger partial charge is 0.212 e. The van der Waals surface area contributed by atoms with Crippen LogP contribution in [-0.2, 0) is 10.8 Å². The van der Waals surface area contributed by atoms with Crippen molar-refractivity contribution in [1.82, 2.24) is 18.3 Å². The van der Waals surface area contributed by atoms with Crippen molar-refractivity contribution in [2.75, 3.05) is 9.80 Å². The minimum Gasteiger partial charge on any atom is -0.319 e. The fourth-order valence-electron chi connectivity index (χ4n) is 24.0. The van der Waals surface area contributed by atoms with E-state index in [1.807, 2.05) is 48.5 Å². The average molecular weight is 1840 g/mol. The van der Waals surface area contributed by atoms with Gasteiger partial charge < -0.3 is 28.1 Å². The van der Waals surface area contributed by atoms with Gasteiger partial charge in [-0.05, 0) is 280 Å². The fraction of sp³-hybridized carbons (Fsp3) is 0.0448. The first-order chi connectivity index (χ1) is 70.8. The van der Waals surface area contributed by atoms with Crippen molar-refractivity contribution in [3.05, 3.63) is 505 Å². The molecule has 0 N–H and O–H groups in total. The number of fused-ring (bicyclic) bond motifs is 26. The average Bonchev–Trinajstić information content (AvgIpc) is 1.54. The molecule has 4 aromatic heterocycles. The van der Waals surface area contributed by atoms with Crippen LogP contribution < -0.4 is 9.80 Å². The Morgan fingerprint density at radius 2 is 0.486 bits per heavy atom. The normalized spacial score (nSPS) is 12.7. The molecule has 28 rings (SSSR count). The number of rotatable bonds is 12. The van der Waals surface area contributed by atoms with E-state index in [4.69, 9.17) is 13.1 Å². The van der Waals surface area contributed by atoms with E-state index in [0.29, 0.717) is 45.3 Å². The maximum Gasteiger partial charge on any atom is 0.212 e. The number of para-hydroxylation sites is 4. The number of hydrogen-bond acceptors (Lipinski definition) is 4. The zero-order chi connectivity index (χ0) is 96.5. The third-order valence-corrected chi connectivity index (χ3v) is 30.6. The summed E-state index contributed by atoms with van der Waals surface area (Å²) in [5.74, 6) is 0. The molecule has 4 heterocycles. The Labute approximate surface area is 831 Å². The van der Waals surface area contributed by atoms with Crippen molar-refractivity contribution >= 4 is 176 Å². The summed E-state index contributed by atoms with van der Waals surface area (Å²) in [6.45, 7) is 27.0. The van der Waals surface area contributed by atoms with Crippen LogP contribution in [0.1, 0.15) is 61.1 Å². The molecule has 0 atom stereocenters. The third kappa shape index (κ3) is 12.8. The molecule has 0 spiro atoms. The van der Waals surface area contributed by atoms with Crippen LogP contribution in [0.2, 0.25) is 0 Å². The summed E-state index contributed by atoms with van der Waals surface area (Å²) in [5.41, 5.74) is 33.4. The van der Waals surface area contributed by atoms with Gasteiger partial charge in [-0.1, -0.05) is 307 Å². The van der Waals surface area contributed by atoms with E-state index in [1.165, 1.54) is 55.6 Å². The molecule has 672 valence electrons. The first-order valence-electron chi connectivity index (χ1n) is 48.9. The van der Waals surface area contributed by atoms with Crippen LogP contribution in [0.4, 0.5) is 45.5 Å². The number of benzene rings is 22. The van der Waals surface area contributed by atoms with Crippen molar-refractivity contribution in [1.29, 1.82) is 10.5 Å². The lowest BCUT2D eigenvalue weighted by atomic mass is 9.81. The van der Waals surface area contributed by atoms with Crippen LogP contribution in [0.5, 0.6) is 0 Å². The fourth-order valence-corrected chi connectivity index (χ4v) is 24.0. The Bertz CT molecular complexity index is 9510. The summed E-state index contributed by atoms with van der Waals surface area (Å²) in [6, 6.07) is 164. The molecule has 10 heteroatoms. The molecular formula is C134H86N10. The number of aromatic nitrogens is 4. The molecule has 22 aromatic carbocycles. The van der Waals surface area contributed by atoms with E-state index in [-0.39, 0.29) is 10.8 Å². The van der Waals surface area contributed by atoms with Crippen LogP contribution in [0.15, 0.2) is 449 Å². The second kappa shape index (κ2) is 32.7. The SMILES string of the molecule is [C-]#[N+]c1cc(-n2c3ccc(-c4ccc5c(c4)C(C)(C)c4ccccc4-5)cc3c3c4ccccc4ccc32)c(C#N)cc1-n1c2ccc(-c3ccc4c(c3)C(C)(C)c3ccccc3-4)cc2c2c3ccccc3ccc21.[C-]#[N+]c1cc(-n2c3ccc(N(c4ccccc4)c4ccccc4)cc3c3c4ccccc4ccc32)c(C#N)cc1-n1c2ccc(N(c3ccccc3)c3ccccc3)cc2c2c3ccccc3ccc21. The number of hydrogen-bond donors (Lipinski definition) is 0. The predicted octanol–water partition coefficient (Wildman–Crippen LogP) is 36.1. The van der Waals surface area contributed by atoms with Gasteiger partial charge in [0.25, 0.3) is 0 Å². The van der Waals surface area contributed by atoms with E-state index in [2.05, 4.69) is 478 Å². The van der Waals surface area contributed by atoms with Gasteiger partial charge in [-0.25, -0.2) is 9.69 Å². The quantitative estimate of drug-likeness (QED) is 0.114. The Hall–Kier alpha value is -19.4. The van der Waals surface area contributed by atoms with Gasteiger partial charge in [0, 0.05) is 88.0 Å². The molecule has 10 nitrogen and oxygen atoms in total. The second-order valence-corrected chi connectivity index (χ2v) is 39.0. The van der Waals surface area contributed by atoms with E-state index in [0.717, 1.165) is 176 Å². The van der Waals surface area contributed by atoms with Crippen molar-refractivity contribution in [3.8, 4) is 79.4 Å². The minimum atomic E-state index is -0.122. The van der Waals surface area contributed by atoms with Gasteiger partial charge in [0.2, 0.25) is 11.4 Å². The molecule has 0 bridgehead atoms. The van der Waals surface area contributed by atoms with Crippen molar-refractivity contribution in [2.24, 2.45) is 0 Å². The molecule has 0 amide bonds. The van der Waals surface area contributed by atoms with Crippen LogP contribution in [0, 0.1) is 35.8 Å². The molecule has 0 fully saturated rings. The molecule has 144 heavy (non-hydrogen) atoms. The molecule has 26 aromatic rings. The Kier molecular flexibility index (Phi) is 19.0. The second-order valence-electron chi connectivity index (χ2n) is 39.0. The Morgan fingerprint density at radius 3 is 0.812 bits per heavy atom. The van der Waals surface area contributed by atoms with Crippen molar-refractivity contribution in [3.63, 3.8) is 0 Å². The van der Waals surface area contributed by atoms with Crippen LogP contribution in [0.25, 0.3) is 207 Å². The molecule has 2 aliphatic rings. The first kappa shape index (κ1) is 84.0. The van der Waals surface area contributed by atoms with Crippen LogP contribution in [0.3, 0.4) is 0 Å². The van der Waals surface area contributed by atoms with Gasteiger partial charge in [0.05, 0.1) is 91.2 Å². The summed E-state index contributed by atoms with van der Waals surface area (Å²) >= 11 is 0. The van der Waals surface area contributed by atoms with Crippen LogP contribution in [-0.4, -0.2) is 18.3 Å². The van der Waals surface area contributed by atoms with Crippen molar-refractivity contribution < 1.29 is 0 Å².